The van der Waals surface area contributed by atoms with Crippen molar-refractivity contribution in [3.05, 3.63) is 42.5 Å². The largest absolute Gasteiger partial charge is 0.497 e. The first-order valence-electron chi connectivity index (χ1n) is 8.50. The van der Waals surface area contributed by atoms with Gasteiger partial charge in [0.2, 0.25) is 12.7 Å². The Bertz CT molecular complexity index is 1000. The number of anilines is 1. The summed E-state index contributed by atoms with van der Waals surface area (Å²) < 4.78 is 17.7. The van der Waals surface area contributed by atoms with Crippen molar-refractivity contribution in [2.75, 3.05) is 25.0 Å². The SMILES string of the molecule is COc1ccc(NC(=O)CSc2nnc(-c3ccc4c(c3)OCO4)n2C)cc1. The summed E-state index contributed by atoms with van der Waals surface area (Å²) in [5.41, 5.74) is 1.58. The molecule has 0 bridgehead atoms. The van der Waals surface area contributed by atoms with Crippen LogP contribution in [0.25, 0.3) is 11.4 Å². The van der Waals surface area contributed by atoms with E-state index in [4.69, 9.17) is 14.2 Å². The monoisotopic (exact) mass is 398 g/mol. The first-order valence-corrected chi connectivity index (χ1v) is 9.49. The van der Waals surface area contributed by atoms with E-state index >= 15 is 0 Å². The second-order valence-electron chi connectivity index (χ2n) is 6.00. The van der Waals surface area contributed by atoms with Gasteiger partial charge in [0.15, 0.2) is 22.5 Å². The molecule has 0 radical (unpaired) electrons. The van der Waals surface area contributed by atoms with Crippen LogP contribution in [0, 0.1) is 0 Å². The number of hydrogen-bond acceptors (Lipinski definition) is 7. The first kappa shape index (κ1) is 18.2. The Morgan fingerprint density at radius 3 is 2.75 bits per heavy atom. The molecule has 0 atom stereocenters. The number of amides is 1. The van der Waals surface area contributed by atoms with Gasteiger partial charge in [-0.05, 0) is 42.5 Å². The molecule has 1 aliphatic rings. The third-order valence-corrected chi connectivity index (χ3v) is 5.19. The number of ether oxygens (including phenoxy) is 3. The van der Waals surface area contributed by atoms with E-state index in [-0.39, 0.29) is 18.5 Å². The number of fused-ring (bicyclic) bond motifs is 1. The van der Waals surface area contributed by atoms with Crippen LogP contribution in [0.1, 0.15) is 0 Å². The summed E-state index contributed by atoms with van der Waals surface area (Å²) in [4.78, 5) is 12.2. The Labute approximate surface area is 165 Å². The lowest BCUT2D eigenvalue weighted by atomic mass is 10.2. The van der Waals surface area contributed by atoms with Crippen LogP contribution in [0.5, 0.6) is 17.2 Å². The van der Waals surface area contributed by atoms with Crippen LogP contribution in [0.4, 0.5) is 5.69 Å². The van der Waals surface area contributed by atoms with Gasteiger partial charge in [-0.2, -0.15) is 0 Å². The molecule has 0 fully saturated rings. The van der Waals surface area contributed by atoms with Crippen molar-refractivity contribution >= 4 is 23.4 Å². The lowest BCUT2D eigenvalue weighted by Crippen LogP contribution is -2.14. The Balaban J connectivity index is 1.39. The van der Waals surface area contributed by atoms with Crippen molar-refractivity contribution < 1.29 is 19.0 Å². The van der Waals surface area contributed by atoms with Gasteiger partial charge in [-0.3, -0.25) is 4.79 Å². The highest BCUT2D eigenvalue weighted by molar-refractivity contribution is 7.99. The highest BCUT2D eigenvalue weighted by atomic mass is 32.2. The van der Waals surface area contributed by atoms with E-state index in [2.05, 4.69) is 15.5 Å². The van der Waals surface area contributed by atoms with Crippen molar-refractivity contribution in [3.8, 4) is 28.6 Å². The van der Waals surface area contributed by atoms with E-state index in [1.807, 2.05) is 29.8 Å². The number of methoxy groups -OCH3 is 1. The summed E-state index contributed by atoms with van der Waals surface area (Å²) in [6.45, 7) is 0.224. The number of aromatic nitrogens is 3. The number of hydrogen-bond donors (Lipinski definition) is 1. The lowest BCUT2D eigenvalue weighted by Gasteiger charge is -2.07. The average Bonchev–Trinajstić information content (AvgIpc) is 3.32. The molecule has 0 unspecified atom stereocenters. The molecule has 1 amide bonds. The fourth-order valence-corrected chi connectivity index (χ4v) is 3.44. The Kier molecular flexibility index (Phi) is 5.07. The van der Waals surface area contributed by atoms with E-state index in [0.29, 0.717) is 22.4 Å². The third kappa shape index (κ3) is 3.74. The van der Waals surface area contributed by atoms with Crippen molar-refractivity contribution in [1.29, 1.82) is 0 Å². The van der Waals surface area contributed by atoms with E-state index < -0.39 is 0 Å². The number of benzene rings is 2. The molecular weight excluding hydrogens is 380 g/mol. The normalized spacial score (nSPS) is 12.1. The Hall–Kier alpha value is -3.20. The van der Waals surface area contributed by atoms with Crippen LogP contribution in [-0.4, -0.2) is 40.3 Å². The molecule has 2 heterocycles. The second kappa shape index (κ2) is 7.81. The number of carbonyl (C=O) groups excluding carboxylic acids is 1. The predicted octanol–water partition coefficient (Wildman–Crippen LogP) is 2.95. The fourth-order valence-electron chi connectivity index (χ4n) is 2.73. The van der Waals surface area contributed by atoms with Gasteiger partial charge in [0, 0.05) is 18.3 Å². The van der Waals surface area contributed by atoms with Gasteiger partial charge in [0.1, 0.15) is 5.75 Å². The van der Waals surface area contributed by atoms with Gasteiger partial charge in [-0.15, -0.1) is 10.2 Å². The summed E-state index contributed by atoms with van der Waals surface area (Å²) in [7, 11) is 3.46. The minimum absolute atomic E-state index is 0.122. The number of carbonyl (C=O) groups is 1. The molecule has 1 aromatic heterocycles. The highest BCUT2D eigenvalue weighted by Crippen LogP contribution is 2.35. The van der Waals surface area contributed by atoms with Crippen LogP contribution >= 0.6 is 11.8 Å². The second-order valence-corrected chi connectivity index (χ2v) is 6.94. The molecular formula is C19H18N4O4S. The van der Waals surface area contributed by atoms with E-state index in [1.165, 1.54) is 11.8 Å². The van der Waals surface area contributed by atoms with Crippen molar-refractivity contribution in [3.63, 3.8) is 0 Å². The van der Waals surface area contributed by atoms with Crippen molar-refractivity contribution in [2.24, 2.45) is 7.05 Å². The topological polar surface area (TPSA) is 87.5 Å². The Morgan fingerprint density at radius 2 is 1.96 bits per heavy atom. The molecule has 0 spiro atoms. The molecule has 2 aromatic carbocycles. The van der Waals surface area contributed by atoms with Crippen LogP contribution in [0.15, 0.2) is 47.6 Å². The lowest BCUT2D eigenvalue weighted by molar-refractivity contribution is -0.113. The van der Waals surface area contributed by atoms with Gasteiger partial charge in [-0.1, -0.05) is 11.8 Å². The highest BCUT2D eigenvalue weighted by Gasteiger charge is 2.18. The molecule has 0 saturated carbocycles. The molecule has 28 heavy (non-hydrogen) atoms. The quantitative estimate of drug-likeness (QED) is 0.639. The predicted molar refractivity (Wildman–Crippen MR) is 105 cm³/mol. The summed E-state index contributed by atoms with van der Waals surface area (Å²) in [5, 5.41) is 11.9. The number of nitrogens with zero attached hydrogens (tertiary/aromatic N) is 3. The summed E-state index contributed by atoms with van der Waals surface area (Å²) in [6.07, 6.45) is 0. The Morgan fingerprint density at radius 1 is 1.18 bits per heavy atom. The van der Waals surface area contributed by atoms with E-state index in [9.17, 15) is 4.79 Å². The van der Waals surface area contributed by atoms with Crippen LogP contribution in [0.2, 0.25) is 0 Å². The van der Waals surface area contributed by atoms with Gasteiger partial charge >= 0.3 is 0 Å². The molecule has 8 nitrogen and oxygen atoms in total. The zero-order chi connectivity index (χ0) is 19.5. The van der Waals surface area contributed by atoms with Gasteiger partial charge in [-0.25, -0.2) is 0 Å². The molecule has 3 aromatic rings. The maximum Gasteiger partial charge on any atom is 0.234 e. The number of nitrogens with one attached hydrogen (secondary N) is 1. The molecule has 0 saturated heterocycles. The number of thioether (sulfide) groups is 1. The van der Waals surface area contributed by atoms with Crippen LogP contribution in [-0.2, 0) is 11.8 Å². The summed E-state index contributed by atoms with van der Waals surface area (Å²) in [5.74, 6) is 2.94. The molecule has 0 aliphatic carbocycles. The van der Waals surface area contributed by atoms with E-state index in [1.54, 1.807) is 31.4 Å². The molecule has 1 aliphatic heterocycles. The smallest absolute Gasteiger partial charge is 0.234 e. The summed E-state index contributed by atoms with van der Waals surface area (Å²) in [6, 6.07) is 12.8. The van der Waals surface area contributed by atoms with Gasteiger partial charge < -0.3 is 24.1 Å². The van der Waals surface area contributed by atoms with Gasteiger partial charge in [0.25, 0.3) is 0 Å². The first-order chi connectivity index (χ1) is 13.6. The minimum atomic E-state index is -0.122. The molecule has 1 N–H and O–H groups in total. The van der Waals surface area contributed by atoms with Crippen LogP contribution < -0.4 is 19.5 Å². The molecule has 144 valence electrons. The maximum atomic E-state index is 12.2. The van der Waals surface area contributed by atoms with Crippen molar-refractivity contribution in [2.45, 2.75) is 5.16 Å². The summed E-state index contributed by atoms with van der Waals surface area (Å²) >= 11 is 1.32. The zero-order valence-electron chi connectivity index (χ0n) is 15.3. The molecule has 9 heteroatoms. The van der Waals surface area contributed by atoms with Crippen molar-refractivity contribution in [1.82, 2.24) is 14.8 Å². The van der Waals surface area contributed by atoms with E-state index in [0.717, 1.165) is 17.1 Å². The molecule has 4 rings (SSSR count). The fraction of sp³-hybridized carbons (Fsp3) is 0.211. The maximum absolute atomic E-state index is 12.2. The number of rotatable bonds is 6. The van der Waals surface area contributed by atoms with Gasteiger partial charge in [0.05, 0.1) is 12.9 Å². The average molecular weight is 398 g/mol. The minimum Gasteiger partial charge on any atom is -0.497 e. The van der Waals surface area contributed by atoms with Crippen LogP contribution in [0.3, 0.4) is 0 Å². The third-order valence-electron chi connectivity index (χ3n) is 4.17. The zero-order valence-corrected chi connectivity index (χ0v) is 16.2. The standard InChI is InChI=1S/C19H18N4O4S/c1-23-18(12-3-8-15-16(9-12)27-11-26-15)21-22-19(23)28-10-17(24)20-13-4-6-14(25-2)7-5-13/h3-9H,10-11H2,1-2H3,(H,20,24).